The molecule has 3 aromatic rings. The van der Waals surface area contributed by atoms with Gasteiger partial charge in [-0.15, -0.1) is 0 Å². The monoisotopic (exact) mass is 391 g/mol. The molecular formula is C21H21N5O3. The zero-order chi connectivity index (χ0) is 20.6. The molecule has 0 saturated heterocycles. The topological polar surface area (TPSA) is 105 Å². The average molecular weight is 391 g/mol. The van der Waals surface area contributed by atoms with Crippen LogP contribution in [-0.4, -0.2) is 28.4 Å². The minimum Gasteiger partial charge on any atom is -0.494 e. The van der Waals surface area contributed by atoms with Crippen LogP contribution in [0, 0.1) is 0 Å². The number of nitrogens with one attached hydrogen (secondary N) is 3. The molecule has 148 valence electrons. The summed E-state index contributed by atoms with van der Waals surface area (Å²) in [5.74, 6) is 0.665. The number of benzene rings is 2. The summed E-state index contributed by atoms with van der Waals surface area (Å²) in [5.41, 5.74) is 2.45. The maximum Gasteiger partial charge on any atom is 0.258 e. The van der Waals surface area contributed by atoms with E-state index in [4.69, 9.17) is 4.74 Å². The maximum atomic E-state index is 12.3. The Morgan fingerprint density at radius 1 is 0.862 bits per heavy atom. The molecule has 8 nitrogen and oxygen atoms in total. The highest BCUT2D eigenvalue weighted by molar-refractivity contribution is 6.03. The van der Waals surface area contributed by atoms with Gasteiger partial charge in [0.2, 0.25) is 11.9 Å². The summed E-state index contributed by atoms with van der Waals surface area (Å²) in [5, 5.41) is 8.52. The minimum atomic E-state index is -0.305. The van der Waals surface area contributed by atoms with Crippen LogP contribution in [0.3, 0.4) is 0 Å². The van der Waals surface area contributed by atoms with Crippen molar-refractivity contribution >= 4 is 34.8 Å². The van der Waals surface area contributed by atoms with E-state index in [1.165, 1.54) is 19.3 Å². The van der Waals surface area contributed by atoms with Gasteiger partial charge in [0.25, 0.3) is 5.91 Å². The predicted octanol–water partition coefficient (Wildman–Crippen LogP) is 3.83. The Kier molecular flexibility index (Phi) is 6.36. The Hall–Kier alpha value is -3.94. The number of anilines is 4. The van der Waals surface area contributed by atoms with Crippen molar-refractivity contribution in [2.45, 2.75) is 13.8 Å². The molecule has 0 aliphatic carbocycles. The van der Waals surface area contributed by atoms with Gasteiger partial charge in [-0.05, 0) is 55.5 Å². The van der Waals surface area contributed by atoms with Crippen molar-refractivity contribution in [1.82, 2.24) is 9.97 Å². The van der Waals surface area contributed by atoms with Gasteiger partial charge in [-0.2, -0.15) is 0 Å². The second-order valence-electron chi connectivity index (χ2n) is 6.09. The van der Waals surface area contributed by atoms with Gasteiger partial charge in [0.15, 0.2) is 0 Å². The van der Waals surface area contributed by atoms with E-state index in [2.05, 4.69) is 25.9 Å². The third kappa shape index (κ3) is 5.77. The van der Waals surface area contributed by atoms with Crippen molar-refractivity contribution in [3.63, 3.8) is 0 Å². The molecule has 0 unspecified atom stereocenters. The lowest BCUT2D eigenvalue weighted by atomic mass is 10.2. The van der Waals surface area contributed by atoms with E-state index in [-0.39, 0.29) is 11.8 Å². The summed E-state index contributed by atoms with van der Waals surface area (Å²) in [7, 11) is 0. The van der Waals surface area contributed by atoms with Crippen LogP contribution in [0.1, 0.15) is 24.2 Å². The molecule has 1 heterocycles. The number of carbonyl (C=O) groups excluding carboxylic acids is 2. The molecule has 3 N–H and O–H groups in total. The van der Waals surface area contributed by atoms with Gasteiger partial charge in [0, 0.05) is 36.4 Å². The number of ether oxygens (including phenoxy) is 1. The summed E-state index contributed by atoms with van der Waals surface area (Å²) in [4.78, 5) is 31.7. The Balaban J connectivity index is 1.59. The van der Waals surface area contributed by atoms with Crippen molar-refractivity contribution in [2.24, 2.45) is 0 Å². The van der Waals surface area contributed by atoms with Crippen LogP contribution in [0.5, 0.6) is 5.75 Å². The highest BCUT2D eigenvalue weighted by Gasteiger charge is 2.08. The Morgan fingerprint density at radius 3 is 2.00 bits per heavy atom. The summed E-state index contributed by atoms with van der Waals surface area (Å²) in [6, 6.07) is 14.2. The summed E-state index contributed by atoms with van der Waals surface area (Å²) >= 11 is 0. The number of carbonyl (C=O) groups is 2. The van der Waals surface area contributed by atoms with E-state index in [1.807, 2.05) is 6.92 Å². The highest BCUT2D eigenvalue weighted by Crippen LogP contribution is 2.18. The van der Waals surface area contributed by atoms with Crippen LogP contribution in [0.4, 0.5) is 23.0 Å². The Morgan fingerprint density at radius 2 is 1.41 bits per heavy atom. The largest absolute Gasteiger partial charge is 0.494 e. The first kappa shape index (κ1) is 19.8. The van der Waals surface area contributed by atoms with E-state index in [9.17, 15) is 9.59 Å². The van der Waals surface area contributed by atoms with Crippen LogP contribution in [0.25, 0.3) is 0 Å². The second kappa shape index (κ2) is 9.32. The van der Waals surface area contributed by atoms with E-state index in [0.29, 0.717) is 29.5 Å². The quantitative estimate of drug-likeness (QED) is 0.565. The fraction of sp³-hybridized carbons (Fsp3) is 0.143. The Bertz CT molecular complexity index is 971. The normalized spacial score (nSPS) is 10.1. The third-order valence-corrected chi connectivity index (χ3v) is 3.80. The van der Waals surface area contributed by atoms with Gasteiger partial charge in [0.1, 0.15) is 5.75 Å². The molecule has 0 radical (unpaired) electrons. The molecule has 0 saturated carbocycles. The van der Waals surface area contributed by atoms with Gasteiger partial charge in [-0.3, -0.25) is 9.59 Å². The van der Waals surface area contributed by atoms with Crippen molar-refractivity contribution in [2.75, 3.05) is 22.6 Å². The number of nitrogens with zero attached hydrogens (tertiary/aromatic N) is 2. The van der Waals surface area contributed by atoms with Gasteiger partial charge in [-0.1, -0.05) is 0 Å². The number of hydrogen-bond acceptors (Lipinski definition) is 6. The first-order chi connectivity index (χ1) is 14.0. The predicted molar refractivity (Wildman–Crippen MR) is 112 cm³/mol. The average Bonchev–Trinajstić information content (AvgIpc) is 2.71. The highest BCUT2D eigenvalue weighted by atomic mass is 16.5. The van der Waals surface area contributed by atoms with E-state index in [1.54, 1.807) is 48.5 Å². The number of amides is 2. The molecule has 2 aromatic carbocycles. The third-order valence-electron chi connectivity index (χ3n) is 3.80. The molecule has 3 rings (SSSR count). The molecule has 0 bridgehead atoms. The van der Waals surface area contributed by atoms with Crippen molar-refractivity contribution in [3.8, 4) is 5.75 Å². The lowest BCUT2D eigenvalue weighted by Gasteiger charge is -2.08. The lowest BCUT2D eigenvalue weighted by molar-refractivity contribution is -0.114. The minimum absolute atomic E-state index is 0.131. The lowest BCUT2D eigenvalue weighted by Crippen LogP contribution is -2.13. The summed E-state index contributed by atoms with van der Waals surface area (Å²) in [6.45, 7) is 3.95. The van der Waals surface area contributed by atoms with Crippen molar-refractivity contribution < 1.29 is 14.3 Å². The van der Waals surface area contributed by atoms with Gasteiger partial charge in [0.05, 0.1) is 12.2 Å². The number of hydrogen-bond donors (Lipinski definition) is 3. The van der Waals surface area contributed by atoms with E-state index in [0.717, 1.165) is 11.4 Å². The fourth-order valence-corrected chi connectivity index (χ4v) is 2.48. The molecule has 8 heteroatoms. The molecule has 2 amide bonds. The molecule has 0 aliphatic rings. The molecule has 0 fully saturated rings. The van der Waals surface area contributed by atoms with Crippen LogP contribution in [-0.2, 0) is 4.79 Å². The standard InChI is InChI=1S/C21H21N5O3/c1-3-29-19-10-8-17(9-11-19)25-20(28)15-12-22-21(23-13-15)26-18-6-4-16(5-7-18)24-14(2)27/h4-13H,3H2,1-2H3,(H,24,27)(H,25,28)(H,22,23,26). The van der Waals surface area contributed by atoms with Gasteiger partial charge < -0.3 is 20.7 Å². The smallest absolute Gasteiger partial charge is 0.258 e. The van der Waals surface area contributed by atoms with E-state index < -0.39 is 0 Å². The van der Waals surface area contributed by atoms with Crippen LogP contribution < -0.4 is 20.7 Å². The van der Waals surface area contributed by atoms with Crippen molar-refractivity contribution in [3.05, 3.63) is 66.5 Å². The first-order valence-corrected chi connectivity index (χ1v) is 9.04. The van der Waals surface area contributed by atoms with Crippen LogP contribution in [0.2, 0.25) is 0 Å². The van der Waals surface area contributed by atoms with Gasteiger partial charge >= 0.3 is 0 Å². The molecule has 1 aromatic heterocycles. The first-order valence-electron chi connectivity index (χ1n) is 9.04. The Labute approximate surface area is 168 Å². The zero-order valence-electron chi connectivity index (χ0n) is 16.1. The summed E-state index contributed by atoms with van der Waals surface area (Å²) in [6.07, 6.45) is 2.90. The number of rotatable bonds is 7. The molecule has 0 atom stereocenters. The molecular weight excluding hydrogens is 370 g/mol. The molecule has 0 aliphatic heterocycles. The van der Waals surface area contributed by atoms with Crippen molar-refractivity contribution in [1.29, 1.82) is 0 Å². The van der Waals surface area contributed by atoms with Crippen LogP contribution >= 0.6 is 0 Å². The number of aromatic nitrogens is 2. The van der Waals surface area contributed by atoms with Crippen LogP contribution in [0.15, 0.2) is 60.9 Å². The molecule has 0 spiro atoms. The maximum absolute atomic E-state index is 12.3. The van der Waals surface area contributed by atoms with E-state index >= 15 is 0 Å². The van der Waals surface area contributed by atoms with Gasteiger partial charge in [-0.25, -0.2) is 9.97 Å². The zero-order valence-corrected chi connectivity index (χ0v) is 16.1. The second-order valence-corrected chi connectivity index (χ2v) is 6.09. The molecule has 29 heavy (non-hydrogen) atoms. The fourth-order valence-electron chi connectivity index (χ4n) is 2.48. The SMILES string of the molecule is CCOc1ccc(NC(=O)c2cnc(Nc3ccc(NC(C)=O)cc3)nc2)cc1. The summed E-state index contributed by atoms with van der Waals surface area (Å²) < 4.78 is 5.38.